The Morgan fingerprint density at radius 2 is 1.64 bits per heavy atom. The van der Waals surface area contributed by atoms with Crippen LogP contribution in [0.4, 0.5) is 13.2 Å². The van der Waals surface area contributed by atoms with Crippen molar-refractivity contribution in [1.29, 1.82) is 0 Å². The summed E-state index contributed by atoms with van der Waals surface area (Å²) in [4.78, 5) is 57.3. The molecule has 10 nitrogen and oxygen atoms in total. The normalized spacial score (nSPS) is 28.2. The number of benzene rings is 1. The van der Waals surface area contributed by atoms with E-state index in [1.807, 2.05) is 12.1 Å². The highest BCUT2D eigenvalue weighted by Gasteiger charge is 2.49. The molecule has 5 aliphatic rings. The van der Waals surface area contributed by atoms with Crippen LogP contribution in [-0.2, 0) is 30.5 Å². The highest BCUT2D eigenvalue weighted by Crippen LogP contribution is 2.39. The number of nitrogens with one attached hydrogen (secondary N) is 1. The number of piperidine rings is 2. The highest BCUT2D eigenvalue weighted by molar-refractivity contribution is 6.05. The van der Waals surface area contributed by atoms with Crippen LogP contribution in [0.5, 0.6) is 0 Å². The van der Waals surface area contributed by atoms with Crippen molar-refractivity contribution in [2.45, 2.75) is 94.3 Å². The smallest absolute Gasteiger partial charge is 0.372 e. The Labute approximate surface area is 241 Å². The number of hydrogen-bond donors (Lipinski definition) is 1. The summed E-state index contributed by atoms with van der Waals surface area (Å²) in [7, 11) is 0. The molecule has 4 heterocycles. The standard InChI is InChI=1S/C29H35F3N4O6/c30-29(31,32)28(40)42-36-25(37)8-7-24(27(36)39)35-14-19-13-18(3-6-23(19)26(35)38)17-1-4-20(5-2-17)34-15-22(16-34)41-21-9-11-33-12-10-21/h3,6,13,17,20-22,24,33H,1-2,4-5,7-12,14-16H2. The molecular formula is C29H35F3N4O6. The molecule has 6 rings (SSSR count). The molecule has 1 aliphatic carbocycles. The molecule has 3 amide bonds. The minimum Gasteiger partial charge on any atom is -0.372 e. The first kappa shape index (κ1) is 29.1. The number of imide groups is 1. The van der Waals surface area contributed by atoms with Gasteiger partial charge in [-0.1, -0.05) is 12.1 Å². The lowest BCUT2D eigenvalue weighted by Gasteiger charge is -2.47. The summed E-state index contributed by atoms with van der Waals surface area (Å²) in [6, 6.07) is 5.03. The molecule has 0 bridgehead atoms. The number of likely N-dealkylation sites (tertiary alicyclic amines) is 1. The van der Waals surface area contributed by atoms with E-state index < -0.39 is 35.9 Å². The summed E-state index contributed by atoms with van der Waals surface area (Å²) in [5.74, 6) is -4.96. The van der Waals surface area contributed by atoms with Crippen LogP contribution in [0.3, 0.4) is 0 Å². The van der Waals surface area contributed by atoms with E-state index >= 15 is 0 Å². The minimum absolute atomic E-state index is 0.0609. The van der Waals surface area contributed by atoms with E-state index in [-0.39, 0.29) is 24.4 Å². The fourth-order valence-corrected chi connectivity index (χ4v) is 6.96. The molecular weight excluding hydrogens is 557 g/mol. The number of amides is 3. The Morgan fingerprint density at radius 1 is 0.929 bits per heavy atom. The van der Waals surface area contributed by atoms with E-state index in [0.717, 1.165) is 75.8 Å². The zero-order valence-electron chi connectivity index (χ0n) is 23.2. The maximum Gasteiger partial charge on any atom is 0.493 e. The maximum atomic E-state index is 13.2. The van der Waals surface area contributed by atoms with Crippen LogP contribution in [0.1, 0.15) is 78.8 Å². The van der Waals surface area contributed by atoms with E-state index in [1.54, 1.807) is 6.07 Å². The summed E-state index contributed by atoms with van der Waals surface area (Å²) < 4.78 is 44.3. The van der Waals surface area contributed by atoms with Crippen LogP contribution in [-0.4, -0.2) is 95.2 Å². The number of hydroxylamine groups is 2. The van der Waals surface area contributed by atoms with Gasteiger partial charge in [0.25, 0.3) is 17.7 Å². The fourth-order valence-electron chi connectivity index (χ4n) is 6.96. The van der Waals surface area contributed by atoms with Crippen molar-refractivity contribution in [1.82, 2.24) is 20.2 Å². The number of alkyl halides is 3. The Morgan fingerprint density at radius 3 is 2.33 bits per heavy atom. The van der Waals surface area contributed by atoms with Gasteiger partial charge in [0.05, 0.1) is 12.2 Å². The van der Waals surface area contributed by atoms with Gasteiger partial charge in [0, 0.05) is 37.7 Å². The van der Waals surface area contributed by atoms with Crippen LogP contribution < -0.4 is 5.32 Å². The van der Waals surface area contributed by atoms with Gasteiger partial charge in [-0.3, -0.25) is 19.3 Å². The molecule has 4 aliphatic heterocycles. The number of nitrogens with zero attached hydrogens (tertiary/aromatic N) is 3. The average molecular weight is 593 g/mol. The minimum atomic E-state index is -5.37. The molecule has 228 valence electrons. The van der Waals surface area contributed by atoms with Crippen molar-refractivity contribution in [3.8, 4) is 0 Å². The molecule has 0 aromatic heterocycles. The molecule has 1 aromatic carbocycles. The van der Waals surface area contributed by atoms with Crippen molar-refractivity contribution >= 4 is 23.7 Å². The quantitative estimate of drug-likeness (QED) is 0.503. The summed E-state index contributed by atoms with van der Waals surface area (Å²) >= 11 is 0. The first-order valence-corrected chi connectivity index (χ1v) is 14.8. The predicted octanol–water partition coefficient (Wildman–Crippen LogP) is 2.66. The summed E-state index contributed by atoms with van der Waals surface area (Å²) in [5, 5.41) is 3.22. The number of halogens is 3. The summed E-state index contributed by atoms with van der Waals surface area (Å²) in [6.45, 7) is 4.14. The third-order valence-corrected chi connectivity index (χ3v) is 9.32. The largest absolute Gasteiger partial charge is 0.493 e. The third kappa shape index (κ3) is 5.78. The predicted molar refractivity (Wildman–Crippen MR) is 141 cm³/mol. The molecule has 42 heavy (non-hydrogen) atoms. The monoisotopic (exact) mass is 592 g/mol. The fraction of sp³-hybridized carbons (Fsp3) is 0.655. The Balaban J connectivity index is 1.03. The number of fused-ring (bicyclic) bond motifs is 1. The lowest BCUT2D eigenvalue weighted by atomic mass is 9.80. The van der Waals surface area contributed by atoms with Gasteiger partial charge >= 0.3 is 12.1 Å². The molecule has 1 aromatic rings. The molecule has 1 atom stereocenters. The van der Waals surface area contributed by atoms with E-state index in [1.165, 1.54) is 4.90 Å². The SMILES string of the molecule is O=C1CCC(N2Cc3cc(C4CCC(N5CC(OC6CCNCC6)C5)CC4)ccc3C2=O)C(=O)N1OC(=O)C(F)(F)F. The van der Waals surface area contributed by atoms with Crippen LogP contribution in [0.25, 0.3) is 0 Å². The third-order valence-electron chi connectivity index (χ3n) is 9.32. The molecule has 1 unspecified atom stereocenters. The van der Waals surface area contributed by atoms with Gasteiger partial charge in [0.15, 0.2) is 0 Å². The second-order valence-corrected chi connectivity index (χ2v) is 12.0. The second kappa shape index (κ2) is 11.6. The van der Waals surface area contributed by atoms with Gasteiger partial charge < -0.3 is 19.8 Å². The molecule has 0 spiro atoms. The Kier molecular flexibility index (Phi) is 8.01. The Bertz CT molecular complexity index is 1240. The number of rotatable bonds is 6. The van der Waals surface area contributed by atoms with Gasteiger partial charge in [0.1, 0.15) is 6.04 Å². The number of carbonyl (C=O) groups is 4. The first-order chi connectivity index (χ1) is 20.1. The zero-order valence-corrected chi connectivity index (χ0v) is 23.2. The van der Waals surface area contributed by atoms with E-state index in [2.05, 4.69) is 15.1 Å². The maximum absolute atomic E-state index is 13.2. The number of ether oxygens (including phenoxy) is 1. The molecule has 1 saturated carbocycles. The van der Waals surface area contributed by atoms with Crippen molar-refractivity contribution in [3.05, 3.63) is 34.9 Å². The highest BCUT2D eigenvalue weighted by atomic mass is 19.4. The van der Waals surface area contributed by atoms with Crippen molar-refractivity contribution in [2.24, 2.45) is 0 Å². The molecule has 13 heteroatoms. The lowest BCUT2D eigenvalue weighted by molar-refractivity contribution is -0.238. The van der Waals surface area contributed by atoms with Crippen molar-refractivity contribution in [3.63, 3.8) is 0 Å². The molecule has 4 fully saturated rings. The van der Waals surface area contributed by atoms with Gasteiger partial charge in [-0.15, -0.1) is 5.06 Å². The van der Waals surface area contributed by atoms with Gasteiger partial charge in [-0.25, -0.2) is 4.79 Å². The van der Waals surface area contributed by atoms with Crippen LogP contribution in [0.2, 0.25) is 0 Å². The zero-order chi connectivity index (χ0) is 29.6. The lowest BCUT2D eigenvalue weighted by Crippen LogP contribution is -2.58. The first-order valence-electron chi connectivity index (χ1n) is 14.8. The average Bonchev–Trinajstić information content (AvgIpc) is 3.28. The van der Waals surface area contributed by atoms with Gasteiger partial charge in [-0.05, 0) is 81.1 Å². The van der Waals surface area contributed by atoms with Crippen LogP contribution in [0.15, 0.2) is 18.2 Å². The summed E-state index contributed by atoms with van der Waals surface area (Å²) in [5.41, 5.74) is 2.30. The van der Waals surface area contributed by atoms with Gasteiger partial charge in [-0.2, -0.15) is 13.2 Å². The van der Waals surface area contributed by atoms with Crippen molar-refractivity contribution < 1.29 is 41.9 Å². The molecule has 3 saturated heterocycles. The number of hydrogen-bond acceptors (Lipinski definition) is 8. The summed E-state index contributed by atoms with van der Waals surface area (Å²) in [6.07, 6.45) is 1.33. The molecule has 1 N–H and O–H groups in total. The van der Waals surface area contributed by atoms with Gasteiger partial charge in [0.2, 0.25) is 0 Å². The number of carbonyl (C=O) groups excluding carboxylic acids is 4. The van der Waals surface area contributed by atoms with E-state index in [9.17, 15) is 32.3 Å². The van der Waals surface area contributed by atoms with Crippen LogP contribution >= 0.6 is 0 Å². The Hall–Kier alpha value is -3.03. The van der Waals surface area contributed by atoms with Crippen LogP contribution in [0, 0.1) is 0 Å². The second-order valence-electron chi connectivity index (χ2n) is 12.0. The van der Waals surface area contributed by atoms with E-state index in [4.69, 9.17) is 4.74 Å². The topological polar surface area (TPSA) is 108 Å². The molecule has 0 radical (unpaired) electrons. The van der Waals surface area contributed by atoms with E-state index in [0.29, 0.717) is 29.7 Å². The van der Waals surface area contributed by atoms with Crippen molar-refractivity contribution in [2.75, 3.05) is 26.2 Å².